The van der Waals surface area contributed by atoms with Gasteiger partial charge in [-0.2, -0.15) is 0 Å². The molecule has 1 atom stereocenters. The van der Waals surface area contributed by atoms with Crippen LogP contribution in [0.25, 0.3) is 0 Å². The average Bonchev–Trinajstić information content (AvgIpc) is 2.85. The van der Waals surface area contributed by atoms with Crippen molar-refractivity contribution in [3.05, 3.63) is 54.1 Å². The van der Waals surface area contributed by atoms with Crippen LogP contribution in [0.3, 0.4) is 0 Å². The number of hydrogen-bond acceptors (Lipinski definition) is 4. The molecule has 0 saturated carbocycles. The van der Waals surface area contributed by atoms with Crippen molar-refractivity contribution in [3.63, 3.8) is 0 Å². The molecule has 0 fully saturated rings. The summed E-state index contributed by atoms with van der Waals surface area (Å²) < 4.78 is 11.3. The Morgan fingerprint density at radius 3 is 2.67 bits per heavy atom. The van der Waals surface area contributed by atoms with Gasteiger partial charge >= 0.3 is 0 Å². The highest BCUT2D eigenvalue weighted by Gasteiger charge is 2.16. The van der Waals surface area contributed by atoms with Crippen LogP contribution in [0, 0.1) is 0 Å². The van der Waals surface area contributed by atoms with Gasteiger partial charge in [-0.1, -0.05) is 30.3 Å². The van der Waals surface area contributed by atoms with Crippen LogP contribution in [-0.2, 0) is 11.3 Å². The molecule has 1 N–H and O–H groups in total. The molecule has 1 unspecified atom stereocenters. The molecule has 0 aromatic heterocycles. The smallest absolute Gasteiger partial charge is 0.233 e. The van der Waals surface area contributed by atoms with Crippen LogP contribution in [0.15, 0.2) is 53.4 Å². The van der Waals surface area contributed by atoms with Gasteiger partial charge in [-0.15, -0.1) is 11.8 Å². The molecule has 0 aliphatic carbocycles. The van der Waals surface area contributed by atoms with E-state index in [1.165, 1.54) is 11.8 Å². The number of benzene rings is 2. The number of ether oxygens (including phenoxy) is 2. The van der Waals surface area contributed by atoms with Crippen molar-refractivity contribution in [1.29, 1.82) is 0 Å². The van der Waals surface area contributed by atoms with Gasteiger partial charge in [-0.05, 0) is 30.7 Å². The summed E-state index contributed by atoms with van der Waals surface area (Å²) >= 11 is 1.52. The second kappa shape index (κ2) is 8.11. The minimum Gasteiger partial charge on any atom is -0.490 e. The van der Waals surface area contributed by atoms with E-state index in [0.717, 1.165) is 28.4 Å². The molecule has 1 aliphatic rings. The summed E-state index contributed by atoms with van der Waals surface area (Å²) in [6.45, 7) is 3.80. The van der Waals surface area contributed by atoms with Crippen molar-refractivity contribution in [2.75, 3.05) is 13.2 Å². The fourth-order valence-corrected chi connectivity index (χ4v) is 3.32. The van der Waals surface area contributed by atoms with Gasteiger partial charge in [-0.3, -0.25) is 4.79 Å². The molecule has 2 aromatic rings. The van der Waals surface area contributed by atoms with Crippen LogP contribution in [-0.4, -0.2) is 24.4 Å². The van der Waals surface area contributed by atoms with Crippen LogP contribution in [0.1, 0.15) is 18.9 Å². The normalized spacial score (nSPS) is 14.5. The molecule has 2 aromatic carbocycles. The zero-order valence-corrected chi connectivity index (χ0v) is 14.5. The Kier molecular flexibility index (Phi) is 5.64. The van der Waals surface area contributed by atoms with Crippen LogP contribution >= 0.6 is 11.8 Å². The molecule has 126 valence electrons. The summed E-state index contributed by atoms with van der Waals surface area (Å²) in [4.78, 5) is 13.3. The van der Waals surface area contributed by atoms with E-state index in [2.05, 4.69) is 5.32 Å². The standard InChI is InChI=1S/C19H21NO3S/c1-14(19(21)20-13-15-6-3-2-4-7-15)24-16-8-9-17-18(12-16)23-11-5-10-22-17/h2-4,6-9,12,14H,5,10-11,13H2,1H3,(H,20,21). The highest BCUT2D eigenvalue weighted by molar-refractivity contribution is 8.00. The molecule has 0 bridgehead atoms. The van der Waals surface area contributed by atoms with E-state index in [9.17, 15) is 4.79 Å². The van der Waals surface area contributed by atoms with Crippen molar-refractivity contribution in [1.82, 2.24) is 5.32 Å². The van der Waals surface area contributed by atoms with Gasteiger partial charge in [0.1, 0.15) is 0 Å². The second-order valence-corrected chi connectivity index (χ2v) is 7.04. The average molecular weight is 343 g/mol. The third kappa shape index (κ3) is 4.45. The number of thioether (sulfide) groups is 1. The van der Waals surface area contributed by atoms with Crippen molar-refractivity contribution in [2.45, 2.75) is 30.0 Å². The molecule has 24 heavy (non-hydrogen) atoms. The largest absolute Gasteiger partial charge is 0.490 e. The number of amides is 1. The van der Waals surface area contributed by atoms with Gasteiger partial charge in [0.2, 0.25) is 5.91 Å². The summed E-state index contributed by atoms with van der Waals surface area (Å²) in [6, 6.07) is 15.7. The van der Waals surface area contributed by atoms with Gasteiger partial charge in [0.05, 0.1) is 18.5 Å². The van der Waals surface area contributed by atoms with E-state index in [0.29, 0.717) is 19.8 Å². The lowest BCUT2D eigenvalue weighted by atomic mass is 10.2. The fraction of sp³-hybridized carbons (Fsp3) is 0.316. The van der Waals surface area contributed by atoms with Crippen LogP contribution in [0.2, 0.25) is 0 Å². The molecule has 0 saturated heterocycles. The van der Waals surface area contributed by atoms with Gasteiger partial charge in [-0.25, -0.2) is 0 Å². The minimum atomic E-state index is -0.182. The van der Waals surface area contributed by atoms with E-state index in [-0.39, 0.29) is 11.2 Å². The van der Waals surface area contributed by atoms with Crippen LogP contribution < -0.4 is 14.8 Å². The van der Waals surface area contributed by atoms with Gasteiger partial charge < -0.3 is 14.8 Å². The number of carbonyl (C=O) groups excluding carboxylic acids is 1. The van der Waals surface area contributed by atoms with Crippen LogP contribution in [0.4, 0.5) is 0 Å². The quantitative estimate of drug-likeness (QED) is 0.842. The lowest BCUT2D eigenvalue weighted by molar-refractivity contribution is -0.120. The topological polar surface area (TPSA) is 47.6 Å². The number of hydrogen-bond donors (Lipinski definition) is 1. The monoisotopic (exact) mass is 343 g/mol. The predicted octanol–water partition coefficient (Wildman–Crippen LogP) is 3.64. The number of rotatable bonds is 5. The molecule has 5 heteroatoms. The second-order valence-electron chi connectivity index (χ2n) is 5.62. The highest BCUT2D eigenvalue weighted by atomic mass is 32.2. The Bertz CT molecular complexity index is 690. The number of nitrogens with one attached hydrogen (secondary N) is 1. The maximum atomic E-state index is 12.3. The zero-order valence-electron chi connectivity index (χ0n) is 13.7. The van der Waals surface area contributed by atoms with E-state index in [4.69, 9.17) is 9.47 Å². The molecular weight excluding hydrogens is 322 g/mol. The van der Waals surface area contributed by atoms with Gasteiger partial charge in [0.15, 0.2) is 11.5 Å². The molecule has 4 nitrogen and oxygen atoms in total. The SMILES string of the molecule is CC(Sc1ccc2c(c1)OCCCO2)C(=O)NCc1ccccc1. The highest BCUT2D eigenvalue weighted by Crippen LogP contribution is 2.35. The summed E-state index contributed by atoms with van der Waals surface area (Å²) in [5.74, 6) is 1.56. The molecule has 0 spiro atoms. The molecule has 1 amide bonds. The Hall–Kier alpha value is -2.14. The first-order valence-electron chi connectivity index (χ1n) is 8.10. The number of fused-ring (bicyclic) bond motifs is 1. The summed E-state index contributed by atoms with van der Waals surface area (Å²) in [5, 5.41) is 2.79. The van der Waals surface area contributed by atoms with Crippen molar-refractivity contribution in [3.8, 4) is 11.5 Å². The maximum Gasteiger partial charge on any atom is 0.233 e. The molecule has 1 aliphatic heterocycles. The maximum absolute atomic E-state index is 12.3. The van der Waals surface area contributed by atoms with E-state index < -0.39 is 0 Å². The zero-order chi connectivity index (χ0) is 16.8. The molecular formula is C19H21NO3S. The third-order valence-electron chi connectivity index (χ3n) is 3.71. The molecule has 0 radical (unpaired) electrons. The Morgan fingerprint density at radius 1 is 1.12 bits per heavy atom. The van der Waals surface area contributed by atoms with Gasteiger partial charge in [0.25, 0.3) is 0 Å². The fourth-order valence-electron chi connectivity index (χ4n) is 2.40. The first kappa shape index (κ1) is 16.7. The Balaban J connectivity index is 1.57. The Morgan fingerprint density at radius 2 is 1.88 bits per heavy atom. The van der Waals surface area contributed by atoms with E-state index >= 15 is 0 Å². The van der Waals surface area contributed by atoms with Gasteiger partial charge in [0, 0.05) is 17.9 Å². The minimum absolute atomic E-state index is 0.0240. The van der Waals surface area contributed by atoms with Crippen molar-refractivity contribution >= 4 is 17.7 Å². The lowest BCUT2D eigenvalue weighted by Gasteiger charge is -2.14. The summed E-state index contributed by atoms with van der Waals surface area (Å²) in [7, 11) is 0. The lowest BCUT2D eigenvalue weighted by Crippen LogP contribution is -2.30. The first-order valence-corrected chi connectivity index (χ1v) is 8.98. The summed E-state index contributed by atoms with van der Waals surface area (Å²) in [6.07, 6.45) is 0.884. The predicted molar refractivity (Wildman–Crippen MR) is 95.7 cm³/mol. The van der Waals surface area contributed by atoms with Crippen molar-refractivity contribution < 1.29 is 14.3 Å². The summed E-state index contributed by atoms with van der Waals surface area (Å²) in [5.41, 5.74) is 1.10. The van der Waals surface area contributed by atoms with Crippen LogP contribution in [0.5, 0.6) is 11.5 Å². The van der Waals surface area contributed by atoms with E-state index in [1.807, 2.05) is 55.5 Å². The van der Waals surface area contributed by atoms with E-state index in [1.54, 1.807) is 0 Å². The van der Waals surface area contributed by atoms with Crippen molar-refractivity contribution in [2.24, 2.45) is 0 Å². The number of carbonyl (C=O) groups is 1. The Labute approximate surface area is 146 Å². The third-order valence-corrected chi connectivity index (χ3v) is 4.80. The first-order chi connectivity index (χ1) is 11.7. The molecule has 3 rings (SSSR count). The molecule has 1 heterocycles.